The maximum Gasteiger partial charge on any atom is 0.222 e. The van der Waals surface area contributed by atoms with E-state index in [-0.39, 0.29) is 29.6 Å². The van der Waals surface area contributed by atoms with E-state index < -0.39 is 0 Å². The lowest BCUT2D eigenvalue weighted by molar-refractivity contribution is 0.538. The summed E-state index contributed by atoms with van der Waals surface area (Å²) in [5.41, 5.74) is 5.34. The molecular formula is C33H30N8O. The van der Waals surface area contributed by atoms with E-state index in [1.165, 1.54) is 6.20 Å². The summed E-state index contributed by atoms with van der Waals surface area (Å²) < 4.78 is 5.49. The van der Waals surface area contributed by atoms with Crippen LogP contribution in [0.3, 0.4) is 0 Å². The molecule has 0 saturated heterocycles. The normalized spacial score (nSPS) is 10.1. The van der Waals surface area contributed by atoms with Crippen LogP contribution in [0.25, 0.3) is 22.8 Å². The molecule has 0 unspecified atom stereocenters. The number of ether oxygens (including phenoxy) is 1. The van der Waals surface area contributed by atoms with Gasteiger partial charge in [0.05, 0.1) is 28.3 Å². The van der Waals surface area contributed by atoms with Crippen molar-refractivity contribution >= 4 is 23.2 Å². The quantitative estimate of drug-likeness (QED) is 0.122. The smallest absolute Gasteiger partial charge is 0.222 e. The van der Waals surface area contributed by atoms with Crippen LogP contribution in [-0.2, 0) is 4.74 Å². The van der Waals surface area contributed by atoms with E-state index in [9.17, 15) is 0 Å². The average Bonchev–Trinajstić information content (AvgIpc) is 3.06. The van der Waals surface area contributed by atoms with Gasteiger partial charge in [0.2, 0.25) is 11.8 Å². The molecule has 0 saturated carbocycles. The van der Waals surface area contributed by atoms with Gasteiger partial charge >= 0.3 is 0 Å². The predicted molar refractivity (Wildman–Crippen MR) is 166 cm³/mol. The van der Waals surface area contributed by atoms with Crippen LogP contribution >= 0.6 is 0 Å². The van der Waals surface area contributed by atoms with Gasteiger partial charge in [-0.1, -0.05) is 38.1 Å². The molecular weight excluding hydrogens is 524 g/mol. The van der Waals surface area contributed by atoms with Gasteiger partial charge in [-0.25, -0.2) is 0 Å². The monoisotopic (exact) mass is 554 g/mol. The number of benzene rings is 1. The predicted octanol–water partition coefficient (Wildman–Crippen LogP) is 6.82. The first-order valence-corrected chi connectivity index (χ1v) is 13.3. The third-order valence-corrected chi connectivity index (χ3v) is 6.02. The van der Waals surface area contributed by atoms with Crippen molar-refractivity contribution in [3.63, 3.8) is 0 Å². The summed E-state index contributed by atoms with van der Waals surface area (Å²) >= 11 is 0. The zero-order chi connectivity index (χ0) is 29.9. The Morgan fingerprint density at radius 2 is 1.02 bits per heavy atom. The summed E-state index contributed by atoms with van der Waals surface area (Å²) in [5, 5.41) is 33.7. The molecule has 0 amide bonds. The van der Waals surface area contributed by atoms with Gasteiger partial charge in [-0.3, -0.25) is 30.8 Å². The maximum absolute atomic E-state index is 8.55. The standard InChI is InChI=1S/C31H24N8O.C2H6/c32-24(17-25(33)22-10-12-28(38-18-22)26-8-1-3-14-36-26)20-6-5-7-21(16-20)30(34)40-31(35)23-11-13-29(39-19-23)27-9-2-4-15-37-27;1-2/h1-16,18-19,32-35H,17H2;1-2H3. The second-order valence-electron chi connectivity index (χ2n) is 8.77. The first-order chi connectivity index (χ1) is 20.5. The SMILES string of the molecule is CC.N=C(CC(=N)c1cccc(C(=N)OC(=N)c2ccc(-c3ccccn3)nc2)c1)c1ccc(-c2ccccn2)nc1. The van der Waals surface area contributed by atoms with Crippen molar-refractivity contribution in [3.8, 4) is 22.8 Å². The van der Waals surface area contributed by atoms with Crippen molar-refractivity contribution in [2.45, 2.75) is 20.3 Å². The molecule has 9 heteroatoms. The lowest BCUT2D eigenvalue weighted by Gasteiger charge is -2.11. The topological polar surface area (TPSA) is 156 Å². The van der Waals surface area contributed by atoms with Gasteiger partial charge in [0.1, 0.15) is 0 Å². The van der Waals surface area contributed by atoms with Crippen LogP contribution in [0.1, 0.15) is 42.5 Å². The number of pyridine rings is 4. The summed E-state index contributed by atoms with van der Waals surface area (Å²) in [6, 6.07) is 25.0. The first-order valence-electron chi connectivity index (χ1n) is 13.3. The van der Waals surface area contributed by atoms with E-state index in [2.05, 4.69) is 19.9 Å². The summed E-state index contributed by atoms with van der Waals surface area (Å²) in [6.45, 7) is 4.00. The lowest BCUT2D eigenvalue weighted by Crippen LogP contribution is -2.14. The van der Waals surface area contributed by atoms with Crippen LogP contribution in [0.5, 0.6) is 0 Å². The minimum atomic E-state index is -0.224. The van der Waals surface area contributed by atoms with Gasteiger partial charge in [-0.05, 0) is 66.2 Å². The van der Waals surface area contributed by atoms with Crippen LogP contribution in [0, 0.1) is 21.6 Å². The molecule has 0 aliphatic rings. The fourth-order valence-corrected chi connectivity index (χ4v) is 3.88. The van der Waals surface area contributed by atoms with Gasteiger partial charge < -0.3 is 15.6 Å². The number of hydrogen-bond acceptors (Lipinski definition) is 9. The third-order valence-electron chi connectivity index (χ3n) is 6.02. The number of rotatable bonds is 8. The van der Waals surface area contributed by atoms with Crippen molar-refractivity contribution in [1.82, 2.24) is 19.9 Å². The van der Waals surface area contributed by atoms with Crippen LogP contribution in [-0.4, -0.2) is 43.2 Å². The Bertz CT molecular complexity index is 1560. The van der Waals surface area contributed by atoms with Crippen molar-refractivity contribution < 1.29 is 4.74 Å². The Labute approximate surface area is 244 Å². The zero-order valence-electron chi connectivity index (χ0n) is 23.3. The van der Waals surface area contributed by atoms with Gasteiger partial charge in [0, 0.05) is 53.8 Å². The highest BCUT2D eigenvalue weighted by Crippen LogP contribution is 2.17. The minimum Gasteiger partial charge on any atom is -0.421 e. The van der Waals surface area contributed by atoms with E-state index in [1.807, 2.05) is 56.3 Å². The molecule has 0 atom stereocenters. The maximum atomic E-state index is 8.55. The Morgan fingerprint density at radius 3 is 1.55 bits per heavy atom. The van der Waals surface area contributed by atoms with E-state index in [0.717, 1.165) is 11.4 Å². The highest BCUT2D eigenvalue weighted by molar-refractivity contribution is 6.16. The molecule has 4 heterocycles. The average molecular weight is 555 g/mol. The third kappa shape index (κ3) is 7.28. The molecule has 0 fully saturated rings. The largest absolute Gasteiger partial charge is 0.421 e. The molecule has 0 bridgehead atoms. The molecule has 0 radical (unpaired) electrons. The number of nitrogens with zero attached hydrogens (tertiary/aromatic N) is 4. The fraction of sp³-hybridized carbons (Fsp3) is 0.0909. The molecule has 1 aromatic carbocycles. The van der Waals surface area contributed by atoms with E-state index in [4.69, 9.17) is 26.4 Å². The highest BCUT2D eigenvalue weighted by atomic mass is 16.5. The highest BCUT2D eigenvalue weighted by Gasteiger charge is 2.14. The van der Waals surface area contributed by atoms with Crippen LogP contribution < -0.4 is 0 Å². The van der Waals surface area contributed by atoms with Crippen LogP contribution in [0.4, 0.5) is 0 Å². The molecule has 5 rings (SSSR count). The van der Waals surface area contributed by atoms with Gasteiger partial charge in [-0.2, -0.15) is 0 Å². The lowest BCUT2D eigenvalue weighted by atomic mass is 9.99. The van der Waals surface area contributed by atoms with Crippen LogP contribution in [0.15, 0.2) is 110 Å². The van der Waals surface area contributed by atoms with Crippen molar-refractivity contribution in [1.29, 1.82) is 21.6 Å². The van der Waals surface area contributed by atoms with Gasteiger partial charge in [0.15, 0.2) is 0 Å². The molecule has 42 heavy (non-hydrogen) atoms. The summed E-state index contributed by atoms with van der Waals surface area (Å²) in [4.78, 5) is 17.3. The Morgan fingerprint density at radius 1 is 0.524 bits per heavy atom. The molecule has 0 spiro atoms. The molecule has 0 aliphatic heterocycles. The second-order valence-corrected chi connectivity index (χ2v) is 8.77. The van der Waals surface area contributed by atoms with Crippen molar-refractivity contribution in [3.05, 3.63) is 132 Å². The Balaban J connectivity index is 0.00000198. The summed E-state index contributed by atoms with van der Waals surface area (Å²) in [5.74, 6) is -0.438. The van der Waals surface area contributed by atoms with E-state index in [0.29, 0.717) is 33.6 Å². The van der Waals surface area contributed by atoms with Gasteiger partial charge in [-0.15, -0.1) is 0 Å². The van der Waals surface area contributed by atoms with Crippen molar-refractivity contribution in [2.75, 3.05) is 0 Å². The van der Waals surface area contributed by atoms with E-state index >= 15 is 0 Å². The van der Waals surface area contributed by atoms with Crippen LogP contribution in [0.2, 0.25) is 0 Å². The fourth-order valence-electron chi connectivity index (χ4n) is 3.88. The first kappa shape index (κ1) is 29.3. The molecule has 208 valence electrons. The molecule has 9 nitrogen and oxygen atoms in total. The van der Waals surface area contributed by atoms with Crippen molar-refractivity contribution in [2.24, 2.45) is 0 Å². The van der Waals surface area contributed by atoms with E-state index in [1.54, 1.807) is 61.1 Å². The zero-order valence-corrected chi connectivity index (χ0v) is 23.3. The molecule has 0 aliphatic carbocycles. The molecule has 4 N–H and O–H groups in total. The summed E-state index contributed by atoms with van der Waals surface area (Å²) in [6.07, 6.45) is 6.60. The number of aromatic nitrogens is 4. The minimum absolute atomic E-state index is 0.0896. The summed E-state index contributed by atoms with van der Waals surface area (Å²) in [7, 11) is 0. The molecule has 4 aromatic heterocycles. The molecule has 5 aromatic rings. The van der Waals surface area contributed by atoms with Gasteiger partial charge in [0.25, 0.3) is 0 Å². The number of nitrogens with one attached hydrogen (secondary N) is 4. The Hall–Kier alpha value is -5.70. The Kier molecular flexibility index (Phi) is 9.82. The second kappa shape index (κ2) is 14.1. The number of hydrogen-bond donors (Lipinski definition) is 4.